The number of thiophene rings is 1. The number of hydrogen-bond acceptors (Lipinski definition) is 6. The second-order valence-corrected chi connectivity index (χ2v) is 6.21. The lowest BCUT2D eigenvalue weighted by molar-refractivity contribution is -0.118. The van der Waals surface area contributed by atoms with Crippen LogP contribution in [0.4, 0.5) is 11.5 Å². The first-order valence-corrected chi connectivity index (χ1v) is 8.13. The Morgan fingerprint density at radius 2 is 2.26 bits per heavy atom. The molecule has 0 fully saturated rings. The van der Waals surface area contributed by atoms with Gasteiger partial charge in [0, 0.05) is 32.3 Å². The molecule has 0 atom stereocenters. The number of H-pyrrole nitrogens is 1. The predicted octanol–water partition coefficient (Wildman–Crippen LogP) is 2.21. The summed E-state index contributed by atoms with van der Waals surface area (Å²) in [5, 5.41) is 13.1. The van der Waals surface area contributed by atoms with Gasteiger partial charge in [0.15, 0.2) is 0 Å². The van der Waals surface area contributed by atoms with Crippen LogP contribution in [0.1, 0.15) is 13.3 Å². The summed E-state index contributed by atoms with van der Waals surface area (Å²) < 4.78 is 1.06. The number of nitrogens with two attached hydrogens (primary N) is 1. The van der Waals surface area contributed by atoms with Crippen LogP contribution >= 0.6 is 11.3 Å². The standard InChI is InChI=1S/C15H18N6OS/c1-9(22)17-4-2-5-18-11-8-14(16)20-12-7-13(23-15(11)12)10-3-6-19-21-10/h3,6-8H,2,4-5H2,1H3,(H,17,22)(H,19,21)(H3,16,18,20). The van der Waals surface area contributed by atoms with Crippen molar-refractivity contribution in [1.29, 1.82) is 0 Å². The number of carbonyl (C=O) groups is 1. The molecule has 3 aromatic rings. The van der Waals surface area contributed by atoms with Crippen LogP contribution in [-0.4, -0.2) is 34.2 Å². The number of amides is 1. The largest absolute Gasteiger partial charge is 0.384 e. The molecule has 1 amide bonds. The molecule has 23 heavy (non-hydrogen) atoms. The Morgan fingerprint density at radius 1 is 1.39 bits per heavy atom. The molecule has 0 aliphatic heterocycles. The lowest BCUT2D eigenvalue weighted by Gasteiger charge is -2.08. The highest BCUT2D eigenvalue weighted by molar-refractivity contribution is 7.22. The first-order valence-electron chi connectivity index (χ1n) is 7.31. The van der Waals surface area contributed by atoms with Gasteiger partial charge in [-0.15, -0.1) is 11.3 Å². The molecular formula is C15H18N6OS. The minimum Gasteiger partial charge on any atom is -0.384 e. The van der Waals surface area contributed by atoms with Crippen molar-refractivity contribution in [3.8, 4) is 10.6 Å². The molecule has 3 heterocycles. The number of carbonyl (C=O) groups excluding carboxylic acids is 1. The number of pyridine rings is 1. The maximum Gasteiger partial charge on any atom is 0.216 e. The molecule has 8 heteroatoms. The SMILES string of the molecule is CC(=O)NCCCNc1cc(N)nc2cc(-c3ccn[nH]3)sc12. The third-order valence-corrected chi connectivity index (χ3v) is 4.50. The van der Waals surface area contributed by atoms with E-state index in [2.05, 4.69) is 25.8 Å². The number of nitrogen functional groups attached to an aromatic ring is 1. The number of rotatable bonds is 6. The highest BCUT2D eigenvalue weighted by atomic mass is 32.1. The van der Waals surface area contributed by atoms with Crippen molar-refractivity contribution < 1.29 is 4.79 Å². The first kappa shape index (κ1) is 15.3. The van der Waals surface area contributed by atoms with Crippen molar-refractivity contribution in [2.45, 2.75) is 13.3 Å². The van der Waals surface area contributed by atoms with Gasteiger partial charge in [0.1, 0.15) is 5.82 Å². The van der Waals surface area contributed by atoms with Gasteiger partial charge in [-0.3, -0.25) is 9.89 Å². The van der Waals surface area contributed by atoms with Gasteiger partial charge in [-0.05, 0) is 18.6 Å². The number of aromatic amines is 1. The molecule has 3 rings (SSSR count). The van der Waals surface area contributed by atoms with Crippen LogP contribution in [0, 0.1) is 0 Å². The molecule has 3 aromatic heterocycles. The van der Waals surface area contributed by atoms with Crippen molar-refractivity contribution in [3.63, 3.8) is 0 Å². The summed E-state index contributed by atoms with van der Waals surface area (Å²) in [4.78, 5) is 16.3. The molecule has 7 nitrogen and oxygen atoms in total. The molecule has 0 spiro atoms. The number of hydrogen-bond donors (Lipinski definition) is 4. The quantitative estimate of drug-likeness (QED) is 0.518. The van der Waals surface area contributed by atoms with E-state index in [0.717, 1.165) is 39.4 Å². The Kier molecular flexibility index (Phi) is 4.42. The van der Waals surface area contributed by atoms with Gasteiger partial charge in [-0.25, -0.2) is 4.98 Å². The van der Waals surface area contributed by atoms with E-state index in [1.54, 1.807) is 17.5 Å². The van der Waals surface area contributed by atoms with Gasteiger partial charge in [0.2, 0.25) is 5.91 Å². The minimum atomic E-state index is -0.0111. The number of nitrogens with one attached hydrogen (secondary N) is 3. The molecule has 0 bridgehead atoms. The Bertz CT molecular complexity index is 811. The minimum absolute atomic E-state index is 0.0111. The van der Waals surface area contributed by atoms with Crippen LogP contribution in [0.3, 0.4) is 0 Å². The van der Waals surface area contributed by atoms with Gasteiger partial charge in [-0.2, -0.15) is 5.10 Å². The van der Waals surface area contributed by atoms with Crippen LogP contribution in [0.2, 0.25) is 0 Å². The number of anilines is 2. The van der Waals surface area contributed by atoms with E-state index in [-0.39, 0.29) is 5.91 Å². The second-order valence-electron chi connectivity index (χ2n) is 5.15. The van der Waals surface area contributed by atoms with Gasteiger partial charge < -0.3 is 16.4 Å². The summed E-state index contributed by atoms with van der Waals surface area (Å²) in [5.41, 5.74) is 8.69. The highest BCUT2D eigenvalue weighted by Crippen LogP contribution is 2.36. The summed E-state index contributed by atoms with van der Waals surface area (Å²) in [7, 11) is 0. The summed E-state index contributed by atoms with van der Waals surface area (Å²) in [6, 6.07) is 5.77. The third-order valence-electron chi connectivity index (χ3n) is 3.31. The lowest BCUT2D eigenvalue weighted by atomic mass is 10.3. The van der Waals surface area contributed by atoms with Gasteiger partial charge in [-0.1, -0.05) is 0 Å². The third kappa shape index (κ3) is 3.59. The maximum atomic E-state index is 10.8. The average Bonchev–Trinajstić information content (AvgIpc) is 3.14. The topological polar surface area (TPSA) is 109 Å². The molecular weight excluding hydrogens is 312 g/mol. The Labute approximate surface area is 137 Å². The van der Waals surface area contributed by atoms with E-state index >= 15 is 0 Å². The zero-order chi connectivity index (χ0) is 16.2. The van der Waals surface area contributed by atoms with E-state index in [9.17, 15) is 4.79 Å². The van der Waals surface area contributed by atoms with Crippen LogP contribution in [-0.2, 0) is 4.79 Å². The molecule has 0 saturated heterocycles. The van der Waals surface area contributed by atoms with E-state index < -0.39 is 0 Å². The Hall–Kier alpha value is -2.61. The molecule has 0 aliphatic carbocycles. The second kappa shape index (κ2) is 6.66. The fraction of sp³-hybridized carbons (Fsp3) is 0.267. The van der Waals surface area contributed by atoms with Crippen LogP contribution in [0.25, 0.3) is 20.8 Å². The fourth-order valence-electron chi connectivity index (χ4n) is 2.28. The molecule has 0 aliphatic rings. The Balaban J connectivity index is 1.78. The summed E-state index contributed by atoms with van der Waals surface area (Å²) >= 11 is 1.64. The zero-order valence-corrected chi connectivity index (χ0v) is 13.5. The van der Waals surface area contributed by atoms with Crippen molar-refractivity contribution in [3.05, 3.63) is 24.4 Å². The Morgan fingerprint density at radius 3 is 3.00 bits per heavy atom. The van der Waals surface area contributed by atoms with Crippen molar-refractivity contribution in [2.24, 2.45) is 0 Å². The van der Waals surface area contributed by atoms with Gasteiger partial charge in [0.25, 0.3) is 0 Å². The predicted molar refractivity (Wildman–Crippen MR) is 93.4 cm³/mol. The summed E-state index contributed by atoms with van der Waals surface area (Å²) in [6.45, 7) is 2.91. The number of fused-ring (bicyclic) bond motifs is 1. The van der Waals surface area contributed by atoms with Gasteiger partial charge >= 0.3 is 0 Å². The molecule has 0 radical (unpaired) electrons. The fourth-order valence-corrected chi connectivity index (χ4v) is 3.34. The molecule has 0 unspecified atom stereocenters. The molecule has 0 aromatic carbocycles. The van der Waals surface area contributed by atoms with Gasteiger partial charge in [0.05, 0.1) is 26.5 Å². The van der Waals surface area contributed by atoms with Crippen LogP contribution in [0.5, 0.6) is 0 Å². The number of nitrogens with zero attached hydrogens (tertiary/aromatic N) is 2. The molecule has 120 valence electrons. The summed E-state index contributed by atoms with van der Waals surface area (Å²) in [6.07, 6.45) is 2.56. The van der Waals surface area contributed by atoms with Crippen LogP contribution in [0.15, 0.2) is 24.4 Å². The van der Waals surface area contributed by atoms with Crippen molar-refractivity contribution in [2.75, 3.05) is 24.1 Å². The smallest absolute Gasteiger partial charge is 0.216 e. The summed E-state index contributed by atoms with van der Waals surface area (Å²) in [5.74, 6) is 0.471. The average molecular weight is 330 g/mol. The van der Waals surface area contributed by atoms with E-state index in [4.69, 9.17) is 5.73 Å². The van der Waals surface area contributed by atoms with Crippen molar-refractivity contribution in [1.82, 2.24) is 20.5 Å². The van der Waals surface area contributed by atoms with E-state index in [0.29, 0.717) is 12.4 Å². The molecule has 5 N–H and O–H groups in total. The maximum absolute atomic E-state index is 10.8. The van der Waals surface area contributed by atoms with Crippen LogP contribution < -0.4 is 16.4 Å². The number of aromatic nitrogens is 3. The zero-order valence-electron chi connectivity index (χ0n) is 12.7. The molecule has 0 saturated carbocycles. The van der Waals surface area contributed by atoms with E-state index in [1.807, 2.05) is 18.2 Å². The lowest BCUT2D eigenvalue weighted by Crippen LogP contribution is -2.22. The van der Waals surface area contributed by atoms with E-state index in [1.165, 1.54) is 6.92 Å². The normalized spacial score (nSPS) is 10.8. The highest BCUT2D eigenvalue weighted by Gasteiger charge is 2.11. The monoisotopic (exact) mass is 330 g/mol. The van der Waals surface area contributed by atoms with Crippen molar-refractivity contribution >= 4 is 39.0 Å². The first-order chi connectivity index (χ1) is 11.1.